The lowest BCUT2D eigenvalue weighted by atomic mass is 10.1. The molecule has 0 spiro atoms. The number of pyridine rings is 1. The highest BCUT2D eigenvalue weighted by atomic mass is 35.5. The highest BCUT2D eigenvalue weighted by Crippen LogP contribution is 2.24. The average Bonchev–Trinajstić information content (AvgIpc) is 3.32. The minimum atomic E-state index is -0.749. The molecule has 0 fully saturated rings. The summed E-state index contributed by atoms with van der Waals surface area (Å²) >= 11 is 12.7. The number of aliphatic hydroxyl groups excluding tert-OH is 1. The molecule has 26 heavy (non-hydrogen) atoms. The lowest BCUT2D eigenvalue weighted by Crippen LogP contribution is -2.51. The number of aliphatic hydroxyl groups is 1. The van der Waals surface area contributed by atoms with Gasteiger partial charge in [0.25, 0.3) is 6.04 Å². The Kier molecular flexibility index (Phi) is 6.16. The number of carbonyl (C=O) groups excluding carboxylic acids is 1. The van der Waals surface area contributed by atoms with Crippen molar-refractivity contribution in [1.82, 2.24) is 5.32 Å². The minimum absolute atomic E-state index is 0.126. The van der Waals surface area contributed by atoms with Gasteiger partial charge < -0.3 is 14.8 Å². The van der Waals surface area contributed by atoms with Crippen molar-refractivity contribution in [3.63, 3.8) is 0 Å². The first-order chi connectivity index (χ1) is 12.6. The second kappa shape index (κ2) is 8.55. The van der Waals surface area contributed by atoms with Crippen LogP contribution in [0, 0.1) is 0 Å². The summed E-state index contributed by atoms with van der Waals surface area (Å²) in [5.74, 6) is 0.547. The normalized spacial score (nSPS) is 11.9. The van der Waals surface area contributed by atoms with Crippen molar-refractivity contribution in [2.24, 2.45) is 0 Å². The number of halogens is 1. The van der Waals surface area contributed by atoms with Crippen molar-refractivity contribution in [3.05, 3.63) is 75.6 Å². The SMILES string of the molecule is O=C(c1ccc(Cl)s1)[C@@H](C(=S)NCc1ccco1)[n+]1cccc(CO)c1. The molecule has 0 aliphatic carbocycles. The fourth-order valence-corrected chi connectivity index (χ4v) is 3.76. The molecule has 0 aliphatic rings. The molecule has 0 saturated carbocycles. The molecule has 0 saturated heterocycles. The van der Waals surface area contributed by atoms with E-state index in [4.69, 9.17) is 28.2 Å². The van der Waals surface area contributed by atoms with Crippen molar-refractivity contribution >= 4 is 45.9 Å². The number of hydrogen-bond acceptors (Lipinski definition) is 5. The van der Waals surface area contributed by atoms with Gasteiger partial charge in [-0.25, -0.2) is 0 Å². The molecular weight excluding hydrogens is 392 g/mol. The Morgan fingerprint density at radius 2 is 2.19 bits per heavy atom. The number of ketones is 1. The summed E-state index contributed by atoms with van der Waals surface area (Å²) in [5, 5.41) is 12.5. The van der Waals surface area contributed by atoms with Crippen LogP contribution >= 0.6 is 35.2 Å². The highest BCUT2D eigenvalue weighted by molar-refractivity contribution is 7.80. The molecule has 0 radical (unpaired) electrons. The Hall–Kier alpha value is -2.06. The second-order valence-corrected chi connectivity index (χ2v) is 7.64. The van der Waals surface area contributed by atoms with Crippen molar-refractivity contribution in [2.45, 2.75) is 19.2 Å². The first kappa shape index (κ1) is 18.7. The minimum Gasteiger partial charge on any atom is -0.467 e. The summed E-state index contributed by atoms with van der Waals surface area (Å²) in [6, 6.07) is 9.78. The van der Waals surface area contributed by atoms with Crippen LogP contribution in [0.4, 0.5) is 0 Å². The van der Waals surface area contributed by atoms with Gasteiger partial charge in [-0.2, -0.15) is 4.57 Å². The van der Waals surface area contributed by atoms with E-state index in [1.807, 2.05) is 6.07 Å². The van der Waals surface area contributed by atoms with E-state index >= 15 is 0 Å². The molecule has 3 rings (SSSR count). The third-order valence-corrected chi connectivity index (χ3v) is 5.31. The zero-order chi connectivity index (χ0) is 18.5. The maximum absolute atomic E-state index is 13.1. The highest BCUT2D eigenvalue weighted by Gasteiger charge is 2.34. The first-order valence-electron chi connectivity index (χ1n) is 7.78. The molecule has 0 aromatic carbocycles. The van der Waals surface area contributed by atoms with Gasteiger partial charge in [0.2, 0.25) is 5.78 Å². The molecule has 2 N–H and O–H groups in total. The summed E-state index contributed by atoms with van der Waals surface area (Å²) in [6.45, 7) is 0.250. The monoisotopic (exact) mass is 407 g/mol. The quantitative estimate of drug-likeness (QED) is 0.357. The largest absolute Gasteiger partial charge is 0.467 e. The van der Waals surface area contributed by atoms with Crippen molar-refractivity contribution in [2.75, 3.05) is 0 Å². The Morgan fingerprint density at radius 3 is 2.85 bits per heavy atom. The zero-order valence-corrected chi connectivity index (χ0v) is 16.0. The number of Topliss-reactive ketones (excluding diaryl/α,β-unsaturated/α-hetero) is 1. The predicted octanol–water partition coefficient (Wildman–Crippen LogP) is 3.32. The molecule has 134 valence electrons. The molecule has 3 aromatic rings. The number of thiocarbonyl (C=S) groups is 1. The maximum Gasteiger partial charge on any atom is 0.271 e. The van der Waals surface area contributed by atoms with Crippen molar-refractivity contribution in [1.29, 1.82) is 0 Å². The topological polar surface area (TPSA) is 66.4 Å². The van der Waals surface area contributed by atoms with Gasteiger partial charge in [0.1, 0.15) is 5.76 Å². The number of nitrogens with one attached hydrogen (secondary N) is 1. The lowest BCUT2D eigenvalue weighted by Gasteiger charge is -2.14. The van der Waals surface area contributed by atoms with Gasteiger partial charge >= 0.3 is 0 Å². The van der Waals surface area contributed by atoms with Crippen LogP contribution < -0.4 is 9.88 Å². The summed E-state index contributed by atoms with van der Waals surface area (Å²) < 4.78 is 7.52. The van der Waals surface area contributed by atoms with Crippen LogP contribution in [-0.4, -0.2) is 15.9 Å². The number of thiophene rings is 1. The summed E-state index contributed by atoms with van der Waals surface area (Å²) in [5.41, 5.74) is 0.684. The van der Waals surface area contributed by atoms with E-state index in [0.29, 0.717) is 32.1 Å². The van der Waals surface area contributed by atoms with E-state index < -0.39 is 6.04 Å². The number of hydrogen-bond donors (Lipinski definition) is 2. The number of furan rings is 1. The molecule has 3 aromatic heterocycles. The van der Waals surface area contributed by atoms with E-state index in [-0.39, 0.29) is 12.4 Å². The molecule has 0 unspecified atom stereocenters. The Balaban J connectivity index is 1.89. The molecule has 8 heteroatoms. The Morgan fingerprint density at radius 1 is 1.35 bits per heavy atom. The van der Waals surface area contributed by atoms with Gasteiger partial charge in [0.15, 0.2) is 17.4 Å². The maximum atomic E-state index is 13.1. The van der Waals surface area contributed by atoms with Gasteiger partial charge in [-0.05, 0) is 30.3 Å². The van der Waals surface area contributed by atoms with Gasteiger partial charge in [-0.1, -0.05) is 23.8 Å². The van der Waals surface area contributed by atoms with E-state index in [2.05, 4.69) is 5.32 Å². The van der Waals surface area contributed by atoms with Crippen LogP contribution in [0.25, 0.3) is 0 Å². The predicted molar refractivity (Wildman–Crippen MR) is 103 cm³/mol. The van der Waals surface area contributed by atoms with Crippen LogP contribution in [0.5, 0.6) is 0 Å². The Labute approximate surface area is 164 Å². The number of carbonyl (C=O) groups is 1. The van der Waals surface area contributed by atoms with E-state index in [1.54, 1.807) is 53.6 Å². The standard InChI is InChI=1S/C18H15ClN2O3S2/c19-15-6-5-14(26-15)17(23)16(21-7-1-3-12(10-21)11-22)18(25)20-9-13-4-2-8-24-13/h1-8,10,16,22H,9,11H2/p+1/t16-/m0/s1. The van der Waals surface area contributed by atoms with Gasteiger partial charge in [0, 0.05) is 11.6 Å². The van der Waals surface area contributed by atoms with E-state index in [9.17, 15) is 9.90 Å². The summed E-state index contributed by atoms with van der Waals surface area (Å²) in [7, 11) is 0. The van der Waals surface area contributed by atoms with Gasteiger partial charge in [-0.3, -0.25) is 4.79 Å². The molecule has 1 atom stereocenters. The smallest absolute Gasteiger partial charge is 0.271 e. The van der Waals surface area contributed by atoms with Crippen LogP contribution in [0.2, 0.25) is 4.34 Å². The molecular formula is C18H16ClN2O3S2+. The zero-order valence-electron chi connectivity index (χ0n) is 13.6. The third kappa shape index (κ3) is 4.37. The van der Waals surface area contributed by atoms with Crippen LogP contribution in [0.3, 0.4) is 0 Å². The molecule has 3 heterocycles. The van der Waals surface area contributed by atoms with Crippen LogP contribution in [0.15, 0.2) is 59.5 Å². The van der Waals surface area contributed by atoms with Gasteiger partial charge in [-0.15, -0.1) is 11.3 Å². The van der Waals surface area contributed by atoms with Crippen molar-refractivity contribution < 1.29 is 18.9 Å². The van der Waals surface area contributed by atoms with Crippen LogP contribution in [-0.2, 0) is 13.2 Å². The van der Waals surface area contributed by atoms with E-state index in [1.165, 1.54) is 11.3 Å². The molecule has 0 bridgehead atoms. The molecule has 0 aliphatic heterocycles. The average molecular weight is 408 g/mol. The fourth-order valence-electron chi connectivity index (χ4n) is 2.45. The second-order valence-electron chi connectivity index (χ2n) is 5.49. The van der Waals surface area contributed by atoms with Crippen molar-refractivity contribution in [3.8, 4) is 0 Å². The number of nitrogens with zero attached hydrogens (tertiary/aromatic N) is 1. The molecule has 5 nitrogen and oxygen atoms in total. The van der Waals surface area contributed by atoms with E-state index in [0.717, 1.165) is 0 Å². The Bertz CT molecular complexity index is 909. The van der Waals surface area contributed by atoms with Crippen LogP contribution in [0.1, 0.15) is 27.0 Å². The fraction of sp³-hybridized carbons (Fsp3) is 0.167. The summed E-state index contributed by atoms with van der Waals surface area (Å²) in [4.78, 5) is 14.0. The molecule has 0 amide bonds. The van der Waals surface area contributed by atoms with Gasteiger partial charge in [0.05, 0.1) is 28.6 Å². The number of aromatic nitrogens is 1. The summed E-state index contributed by atoms with van der Waals surface area (Å²) in [6.07, 6.45) is 5.03. The number of rotatable bonds is 7. The lowest BCUT2D eigenvalue weighted by molar-refractivity contribution is -0.692. The first-order valence-corrected chi connectivity index (χ1v) is 9.39. The third-order valence-electron chi connectivity index (χ3n) is 3.69.